The Morgan fingerprint density at radius 2 is 1.92 bits per heavy atom. The summed E-state index contributed by atoms with van der Waals surface area (Å²) in [6, 6.07) is 10.3. The first-order chi connectivity index (χ1) is 11.3. The lowest BCUT2D eigenvalue weighted by molar-refractivity contribution is 0.0946. The van der Waals surface area contributed by atoms with Crippen molar-refractivity contribution in [1.29, 1.82) is 0 Å². The predicted octanol–water partition coefficient (Wildman–Crippen LogP) is 2.56. The molecule has 0 aliphatic carbocycles. The number of para-hydroxylation sites is 1. The second kappa shape index (κ2) is 7.44. The zero-order valence-corrected chi connectivity index (χ0v) is 14.2. The molecule has 1 amide bonds. The fourth-order valence-electron chi connectivity index (χ4n) is 2.13. The Hall–Kier alpha value is -2.41. The Labute approximate surface area is 140 Å². The molecule has 0 saturated heterocycles. The maximum absolute atomic E-state index is 13.9. The number of sulfone groups is 1. The summed E-state index contributed by atoms with van der Waals surface area (Å²) in [4.78, 5) is 12.1. The van der Waals surface area contributed by atoms with E-state index >= 15 is 0 Å². The first-order valence-electron chi connectivity index (χ1n) is 7.31. The van der Waals surface area contributed by atoms with E-state index in [1.807, 2.05) is 13.0 Å². The zero-order chi connectivity index (χ0) is 17.7. The van der Waals surface area contributed by atoms with Crippen LogP contribution >= 0.6 is 0 Å². The number of carbonyl (C=O) groups is 1. The van der Waals surface area contributed by atoms with Crippen LogP contribution in [0.2, 0.25) is 0 Å². The monoisotopic (exact) mass is 351 g/mol. The smallest absolute Gasteiger partial charge is 0.254 e. The summed E-state index contributed by atoms with van der Waals surface area (Å²) < 4.78 is 42.4. The third kappa shape index (κ3) is 4.32. The second-order valence-corrected chi connectivity index (χ2v) is 7.15. The third-order valence-electron chi connectivity index (χ3n) is 3.32. The number of benzene rings is 2. The predicted molar refractivity (Wildman–Crippen MR) is 88.3 cm³/mol. The van der Waals surface area contributed by atoms with Crippen molar-refractivity contribution in [2.45, 2.75) is 18.4 Å². The van der Waals surface area contributed by atoms with Crippen LogP contribution in [-0.2, 0) is 16.4 Å². The normalized spacial score (nSPS) is 11.1. The first-order valence-corrected chi connectivity index (χ1v) is 9.20. The van der Waals surface area contributed by atoms with Crippen molar-refractivity contribution in [1.82, 2.24) is 5.32 Å². The van der Waals surface area contributed by atoms with Gasteiger partial charge in [0.15, 0.2) is 9.84 Å². The number of rotatable bonds is 6. The highest BCUT2D eigenvalue weighted by molar-refractivity contribution is 7.90. The van der Waals surface area contributed by atoms with Gasteiger partial charge in [-0.15, -0.1) is 0 Å². The lowest BCUT2D eigenvalue weighted by Crippen LogP contribution is -2.24. The highest BCUT2D eigenvalue weighted by atomic mass is 32.2. The van der Waals surface area contributed by atoms with Crippen LogP contribution in [0.25, 0.3) is 0 Å². The number of halogens is 1. The molecule has 0 saturated carbocycles. The zero-order valence-electron chi connectivity index (χ0n) is 13.4. The molecule has 7 heteroatoms. The number of nitrogens with one attached hydrogen (secondary N) is 1. The molecule has 0 fully saturated rings. The Morgan fingerprint density at radius 1 is 1.21 bits per heavy atom. The van der Waals surface area contributed by atoms with E-state index in [1.54, 1.807) is 18.2 Å². The van der Waals surface area contributed by atoms with E-state index in [0.717, 1.165) is 30.0 Å². The summed E-state index contributed by atoms with van der Waals surface area (Å²) >= 11 is 0. The fraction of sp³-hybridized carbons (Fsp3) is 0.235. The quantitative estimate of drug-likeness (QED) is 0.812. The van der Waals surface area contributed by atoms with Gasteiger partial charge in [0.25, 0.3) is 5.91 Å². The lowest BCUT2D eigenvalue weighted by atomic mass is 10.1. The van der Waals surface area contributed by atoms with Gasteiger partial charge in [0.05, 0.1) is 17.1 Å². The molecular formula is C17H18FNO4S. The Morgan fingerprint density at radius 3 is 2.58 bits per heavy atom. The highest BCUT2D eigenvalue weighted by Gasteiger charge is 2.16. The van der Waals surface area contributed by atoms with Crippen LogP contribution < -0.4 is 10.1 Å². The summed E-state index contributed by atoms with van der Waals surface area (Å²) in [7, 11) is -3.52. The van der Waals surface area contributed by atoms with E-state index in [2.05, 4.69) is 5.32 Å². The molecule has 2 aromatic carbocycles. The van der Waals surface area contributed by atoms with E-state index in [9.17, 15) is 17.6 Å². The van der Waals surface area contributed by atoms with Gasteiger partial charge in [-0.3, -0.25) is 4.79 Å². The molecule has 1 N–H and O–H groups in total. The van der Waals surface area contributed by atoms with Crippen LogP contribution in [0.4, 0.5) is 4.39 Å². The molecule has 2 rings (SSSR count). The third-order valence-corrected chi connectivity index (χ3v) is 4.43. The molecule has 24 heavy (non-hydrogen) atoms. The SMILES string of the molecule is CCOc1ccccc1CNC(=O)c1cc(S(C)(=O)=O)ccc1F. The van der Waals surface area contributed by atoms with Gasteiger partial charge < -0.3 is 10.1 Å². The molecule has 128 valence electrons. The fourth-order valence-corrected chi connectivity index (χ4v) is 2.77. The van der Waals surface area contributed by atoms with E-state index in [0.29, 0.717) is 12.4 Å². The second-order valence-electron chi connectivity index (χ2n) is 5.14. The van der Waals surface area contributed by atoms with E-state index in [4.69, 9.17) is 4.74 Å². The van der Waals surface area contributed by atoms with Crippen molar-refractivity contribution >= 4 is 15.7 Å². The molecule has 2 aromatic rings. The maximum Gasteiger partial charge on any atom is 0.254 e. The number of hydrogen-bond acceptors (Lipinski definition) is 4. The van der Waals surface area contributed by atoms with Crippen LogP contribution in [-0.4, -0.2) is 27.2 Å². The van der Waals surface area contributed by atoms with Crippen molar-refractivity contribution in [3.63, 3.8) is 0 Å². The van der Waals surface area contributed by atoms with Crippen molar-refractivity contribution in [3.05, 3.63) is 59.4 Å². The molecule has 0 radical (unpaired) electrons. The average molecular weight is 351 g/mol. The minimum atomic E-state index is -3.52. The molecule has 5 nitrogen and oxygen atoms in total. The van der Waals surface area contributed by atoms with Crippen molar-refractivity contribution < 1.29 is 22.3 Å². The number of ether oxygens (including phenoxy) is 1. The molecule has 0 aliphatic heterocycles. The molecule has 0 bridgehead atoms. The van der Waals surface area contributed by atoms with Gasteiger partial charge in [0.2, 0.25) is 0 Å². The topological polar surface area (TPSA) is 72.5 Å². The standard InChI is InChI=1S/C17H18FNO4S/c1-3-23-16-7-5-4-6-12(16)11-19-17(20)14-10-13(24(2,21)22)8-9-15(14)18/h4-10H,3,11H2,1-2H3,(H,19,20). The summed E-state index contributed by atoms with van der Waals surface area (Å²) in [5.74, 6) is -0.840. The minimum absolute atomic E-state index is 0.108. The van der Waals surface area contributed by atoms with E-state index < -0.39 is 21.6 Å². The van der Waals surface area contributed by atoms with Gasteiger partial charge in [-0.05, 0) is 31.2 Å². The summed E-state index contributed by atoms with van der Waals surface area (Å²) in [6.07, 6.45) is 1.00. The molecule has 0 heterocycles. The first kappa shape index (κ1) is 17.9. The van der Waals surface area contributed by atoms with Crippen LogP contribution in [0.3, 0.4) is 0 Å². The van der Waals surface area contributed by atoms with Gasteiger partial charge in [0, 0.05) is 18.4 Å². The number of carbonyl (C=O) groups excluding carboxylic acids is 1. The van der Waals surface area contributed by atoms with Crippen LogP contribution in [0.1, 0.15) is 22.8 Å². The number of hydrogen-bond donors (Lipinski definition) is 1. The van der Waals surface area contributed by atoms with Crippen LogP contribution in [0, 0.1) is 5.82 Å². The van der Waals surface area contributed by atoms with E-state index in [1.165, 1.54) is 0 Å². The molecule has 0 atom stereocenters. The Kier molecular flexibility index (Phi) is 5.56. The van der Waals surface area contributed by atoms with E-state index in [-0.39, 0.29) is 17.0 Å². The van der Waals surface area contributed by atoms with Crippen molar-refractivity contribution in [3.8, 4) is 5.75 Å². The van der Waals surface area contributed by atoms with Gasteiger partial charge in [-0.2, -0.15) is 0 Å². The van der Waals surface area contributed by atoms with Gasteiger partial charge >= 0.3 is 0 Å². The summed E-state index contributed by atoms with van der Waals surface area (Å²) in [5.41, 5.74) is 0.430. The molecular weight excluding hydrogens is 333 g/mol. The number of amides is 1. The van der Waals surface area contributed by atoms with Crippen LogP contribution in [0.5, 0.6) is 5.75 Å². The van der Waals surface area contributed by atoms with Gasteiger partial charge in [-0.25, -0.2) is 12.8 Å². The lowest BCUT2D eigenvalue weighted by Gasteiger charge is -2.11. The molecule has 0 unspecified atom stereocenters. The van der Waals surface area contributed by atoms with Crippen molar-refractivity contribution in [2.75, 3.05) is 12.9 Å². The largest absolute Gasteiger partial charge is 0.494 e. The van der Waals surface area contributed by atoms with Gasteiger partial charge in [-0.1, -0.05) is 18.2 Å². The average Bonchev–Trinajstić information content (AvgIpc) is 2.53. The van der Waals surface area contributed by atoms with Gasteiger partial charge in [0.1, 0.15) is 11.6 Å². The molecule has 0 aliphatic rings. The molecule has 0 spiro atoms. The highest BCUT2D eigenvalue weighted by Crippen LogP contribution is 2.19. The molecule has 0 aromatic heterocycles. The van der Waals surface area contributed by atoms with Crippen LogP contribution in [0.15, 0.2) is 47.4 Å². The van der Waals surface area contributed by atoms with Crippen molar-refractivity contribution in [2.24, 2.45) is 0 Å². The summed E-state index contributed by atoms with van der Waals surface area (Å²) in [5, 5.41) is 2.58. The Bertz CT molecular complexity index is 849. The summed E-state index contributed by atoms with van der Waals surface area (Å²) in [6.45, 7) is 2.47. The minimum Gasteiger partial charge on any atom is -0.494 e. The Balaban J connectivity index is 2.19. The maximum atomic E-state index is 13.9.